The highest BCUT2D eigenvalue weighted by atomic mass is 127. The first kappa shape index (κ1) is 19.5. The molecule has 1 fully saturated rings. The van der Waals surface area contributed by atoms with E-state index in [0.717, 1.165) is 27.1 Å². The number of pyridine rings is 1. The van der Waals surface area contributed by atoms with Gasteiger partial charge in [-0.05, 0) is 82.6 Å². The summed E-state index contributed by atoms with van der Waals surface area (Å²) in [6.07, 6.45) is 3.06. The Bertz CT molecular complexity index is 788. The van der Waals surface area contributed by atoms with E-state index in [0.29, 0.717) is 24.6 Å². The quantitative estimate of drug-likeness (QED) is 0.526. The van der Waals surface area contributed by atoms with Gasteiger partial charge in [0.05, 0.1) is 18.4 Å². The minimum Gasteiger partial charge on any atom is -0.477 e. The Balaban J connectivity index is 1.66. The second-order valence-corrected chi connectivity index (χ2v) is 8.60. The summed E-state index contributed by atoms with van der Waals surface area (Å²) in [4.78, 5) is 18.9. The molecule has 0 aliphatic carbocycles. The Labute approximate surface area is 174 Å². The molecule has 1 aromatic heterocycles. The average molecular weight is 533 g/mol. The summed E-state index contributed by atoms with van der Waals surface area (Å²) in [5, 5.41) is 0. The van der Waals surface area contributed by atoms with Crippen molar-refractivity contribution >= 4 is 44.4 Å². The van der Waals surface area contributed by atoms with Crippen LogP contribution in [0, 0.1) is 15.3 Å². The van der Waals surface area contributed by atoms with E-state index in [1.165, 1.54) is 12.1 Å². The van der Waals surface area contributed by atoms with Gasteiger partial charge in [0.15, 0.2) is 0 Å². The van der Waals surface area contributed by atoms with Gasteiger partial charge in [-0.3, -0.25) is 4.79 Å². The molecule has 2 atom stereocenters. The van der Waals surface area contributed by atoms with Crippen molar-refractivity contribution in [2.24, 2.45) is 5.92 Å². The molecule has 4 nitrogen and oxygen atoms in total. The first-order valence-electron chi connectivity index (χ1n) is 8.44. The number of benzene rings is 1. The van der Waals surface area contributed by atoms with Crippen molar-refractivity contribution in [1.29, 1.82) is 0 Å². The highest BCUT2D eigenvalue weighted by molar-refractivity contribution is 14.1. The van der Waals surface area contributed by atoms with Gasteiger partial charge in [-0.2, -0.15) is 0 Å². The normalized spacial score (nSPS) is 20.1. The Kier molecular flexibility index (Phi) is 6.50. The molecule has 1 saturated heterocycles. The lowest BCUT2D eigenvalue weighted by Crippen LogP contribution is -2.46. The minimum absolute atomic E-state index is 0.0347. The second kappa shape index (κ2) is 8.65. The monoisotopic (exact) mass is 532 g/mol. The number of halogens is 3. The Morgan fingerprint density at radius 2 is 2.19 bits per heavy atom. The summed E-state index contributed by atoms with van der Waals surface area (Å²) in [6.45, 7) is 3.18. The maximum atomic E-state index is 13.0. The van der Waals surface area contributed by atoms with Crippen molar-refractivity contribution in [3.63, 3.8) is 0 Å². The highest BCUT2D eigenvalue weighted by Crippen LogP contribution is 2.27. The highest BCUT2D eigenvalue weighted by Gasteiger charge is 2.30. The fourth-order valence-corrected chi connectivity index (χ4v) is 3.98. The lowest BCUT2D eigenvalue weighted by atomic mass is 9.93. The summed E-state index contributed by atoms with van der Waals surface area (Å²) in [5.74, 6) is 0.281. The lowest BCUT2D eigenvalue weighted by molar-refractivity contribution is 0.0501. The average Bonchev–Trinajstić information content (AvgIpc) is 2.64. The zero-order chi connectivity index (χ0) is 18.7. The third kappa shape index (κ3) is 4.73. The van der Waals surface area contributed by atoms with E-state index in [9.17, 15) is 9.18 Å². The number of nitrogens with zero attached hydrogens (tertiary/aromatic N) is 2. The maximum absolute atomic E-state index is 13.0. The van der Waals surface area contributed by atoms with E-state index in [1.54, 1.807) is 0 Å². The molecule has 0 bridgehead atoms. The molecule has 7 heteroatoms. The zero-order valence-electron chi connectivity index (χ0n) is 14.3. The molecule has 1 aliphatic heterocycles. The van der Waals surface area contributed by atoms with Crippen LogP contribution in [-0.4, -0.2) is 35.0 Å². The van der Waals surface area contributed by atoms with Crippen LogP contribution in [0.2, 0.25) is 0 Å². The molecule has 3 rings (SSSR count). The second-order valence-electron chi connectivity index (χ2n) is 6.50. The number of carbonyl (C=O) groups is 1. The van der Waals surface area contributed by atoms with Crippen molar-refractivity contribution in [2.75, 3.05) is 13.2 Å². The molecule has 1 aromatic carbocycles. The number of piperidine rings is 1. The number of hydrogen-bond acceptors (Lipinski definition) is 3. The van der Waals surface area contributed by atoms with Gasteiger partial charge in [-0.1, -0.05) is 0 Å². The summed E-state index contributed by atoms with van der Waals surface area (Å²) in [5.41, 5.74) is 0.686. The van der Waals surface area contributed by atoms with Crippen molar-refractivity contribution in [3.8, 4) is 5.88 Å². The van der Waals surface area contributed by atoms with Gasteiger partial charge in [-0.15, -0.1) is 0 Å². The maximum Gasteiger partial charge on any atom is 0.255 e. The van der Waals surface area contributed by atoms with Gasteiger partial charge in [-0.25, -0.2) is 9.37 Å². The van der Waals surface area contributed by atoms with Crippen molar-refractivity contribution in [3.05, 3.63) is 56.0 Å². The van der Waals surface area contributed by atoms with E-state index in [4.69, 9.17) is 4.74 Å². The number of likely N-dealkylation sites (tertiary alicyclic amines) is 1. The molecular formula is C19H19BrFIN2O2. The van der Waals surface area contributed by atoms with Gasteiger partial charge in [0.2, 0.25) is 5.88 Å². The minimum atomic E-state index is -0.385. The van der Waals surface area contributed by atoms with Crippen LogP contribution in [0.4, 0.5) is 4.39 Å². The van der Waals surface area contributed by atoms with Gasteiger partial charge in [0.1, 0.15) is 5.82 Å². The number of aromatic nitrogens is 1. The molecule has 1 aliphatic rings. The number of carbonyl (C=O) groups excluding carboxylic acids is 1. The molecule has 0 radical (unpaired) electrons. The third-order valence-corrected chi connectivity index (χ3v) is 5.93. The first-order chi connectivity index (χ1) is 12.4. The van der Waals surface area contributed by atoms with E-state index < -0.39 is 0 Å². The van der Waals surface area contributed by atoms with Gasteiger partial charge in [0.25, 0.3) is 5.91 Å². The third-order valence-electron chi connectivity index (χ3n) is 4.57. The van der Waals surface area contributed by atoms with E-state index in [-0.39, 0.29) is 23.7 Å². The first-order valence-corrected chi connectivity index (χ1v) is 10.3. The molecule has 26 heavy (non-hydrogen) atoms. The summed E-state index contributed by atoms with van der Waals surface area (Å²) < 4.78 is 20.4. The Morgan fingerprint density at radius 3 is 2.92 bits per heavy atom. The van der Waals surface area contributed by atoms with Crippen LogP contribution in [0.1, 0.15) is 30.1 Å². The molecule has 0 spiro atoms. The topological polar surface area (TPSA) is 42.4 Å². The van der Waals surface area contributed by atoms with Crippen LogP contribution >= 0.6 is 38.5 Å². The van der Waals surface area contributed by atoms with Crippen LogP contribution in [-0.2, 0) is 0 Å². The predicted octanol–water partition coefficient (Wildman–Crippen LogP) is 4.91. The van der Waals surface area contributed by atoms with Gasteiger partial charge < -0.3 is 9.64 Å². The Hall–Kier alpha value is -1.22. The molecule has 1 amide bonds. The SMILES string of the molecule is C[C@@H]1CC[C@@H](COc2ccc(F)cn2)CN1C(=O)c1cc(I)ccc1Br. The number of rotatable bonds is 4. The molecular weight excluding hydrogens is 514 g/mol. The largest absolute Gasteiger partial charge is 0.477 e. The van der Waals surface area contributed by atoms with Gasteiger partial charge in [0, 0.05) is 32.6 Å². The van der Waals surface area contributed by atoms with Crippen LogP contribution in [0.15, 0.2) is 41.0 Å². The van der Waals surface area contributed by atoms with E-state index >= 15 is 0 Å². The number of hydrogen-bond donors (Lipinski definition) is 0. The summed E-state index contributed by atoms with van der Waals surface area (Å²) in [6, 6.07) is 8.81. The molecule has 2 heterocycles. The van der Waals surface area contributed by atoms with Crippen molar-refractivity contribution < 1.29 is 13.9 Å². The van der Waals surface area contributed by atoms with Crippen molar-refractivity contribution in [1.82, 2.24) is 9.88 Å². The van der Waals surface area contributed by atoms with Crippen LogP contribution in [0.25, 0.3) is 0 Å². The van der Waals surface area contributed by atoms with Crippen LogP contribution in [0.5, 0.6) is 5.88 Å². The predicted molar refractivity (Wildman–Crippen MR) is 110 cm³/mol. The smallest absolute Gasteiger partial charge is 0.255 e. The zero-order valence-corrected chi connectivity index (χ0v) is 18.0. The lowest BCUT2D eigenvalue weighted by Gasteiger charge is -2.38. The van der Waals surface area contributed by atoms with Gasteiger partial charge >= 0.3 is 0 Å². The van der Waals surface area contributed by atoms with E-state index in [2.05, 4.69) is 50.4 Å². The summed E-state index contributed by atoms with van der Waals surface area (Å²) >= 11 is 5.70. The number of amides is 1. The fourth-order valence-electron chi connectivity index (χ4n) is 3.07. The molecule has 0 unspecified atom stereocenters. The Morgan fingerprint density at radius 1 is 1.38 bits per heavy atom. The standard InChI is InChI=1S/C19H19BrFIN2O2/c1-12-2-3-13(11-26-18-7-4-14(21)9-23-18)10-24(12)19(25)16-8-15(22)5-6-17(16)20/h4-9,12-13H,2-3,10-11H2,1H3/t12-,13-/m1/s1. The van der Waals surface area contributed by atoms with Crippen LogP contribution in [0.3, 0.4) is 0 Å². The van der Waals surface area contributed by atoms with E-state index in [1.807, 2.05) is 23.1 Å². The number of ether oxygens (including phenoxy) is 1. The molecule has 2 aromatic rings. The molecule has 0 N–H and O–H groups in total. The summed E-state index contributed by atoms with van der Waals surface area (Å²) in [7, 11) is 0. The van der Waals surface area contributed by atoms with Crippen LogP contribution < -0.4 is 4.74 Å². The molecule has 138 valence electrons. The van der Waals surface area contributed by atoms with Crippen molar-refractivity contribution in [2.45, 2.75) is 25.8 Å². The molecule has 0 saturated carbocycles. The fraction of sp³-hybridized carbons (Fsp3) is 0.368.